The van der Waals surface area contributed by atoms with Crippen molar-refractivity contribution in [3.63, 3.8) is 0 Å². The first-order valence-corrected chi connectivity index (χ1v) is 9.27. The van der Waals surface area contributed by atoms with Gasteiger partial charge in [0.1, 0.15) is 5.75 Å². The van der Waals surface area contributed by atoms with Gasteiger partial charge in [0.2, 0.25) is 15.9 Å². The number of ether oxygens (including phenoxy) is 1. The number of piperazine rings is 1. The third kappa shape index (κ3) is 3.84. The van der Waals surface area contributed by atoms with E-state index in [1.807, 2.05) is 13.8 Å². The molecule has 1 aromatic carbocycles. The standard InChI is InChI=1S/C16H24N2O4S/c1-4-13(2)16(19)17-9-11-18(12-10-17)23(20,21)15-7-5-14(22-3)6-8-15/h5-8,13H,4,9-12H2,1-3H3/t13-/m1/s1. The lowest BCUT2D eigenvalue weighted by Gasteiger charge is -2.35. The van der Waals surface area contributed by atoms with Crippen molar-refractivity contribution in [1.82, 2.24) is 9.21 Å². The highest BCUT2D eigenvalue weighted by Gasteiger charge is 2.31. The molecule has 1 amide bonds. The number of sulfonamides is 1. The largest absolute Gasteiger partial charge is 0.497 e. The predicted octanol–water partition coefficient (Wildman–Crippen LogP) is 1.57. The van der Waals surface area contributed by atoms with E-state index in [2.05, 4.69) is 0 Å². The van der Waals surface area contributed by atoms with E-state index < -0.39 is 10.0 Å². The molecule has 1 aliphatic heterocycles. The second kappa shape index (κ2) is 7.31. The molecule has 0 aromatic heterocycles. The molecular weight excluding hydrogens is 316 g/mol. The molecule has 0 N–H and O–H groups in total. The lowest BCUT2D eigenvalue weighted by molar-refractivity contribution is -0.136. The van der Waals surface area contributed by atoms with Crippen LogP contribution in [0.4, 0.5) is 0 Å². The summed E-state index contributed by atoms with van der Waals surface area (Å²) in [7, 11) is -1.98. The van der Waals surface area contributed by atoms with Crippen molar-refractivity contribution in [2.75, 3.05) is 33.3 Å². The molecule has 0 unspecified atom stereocenters. The first kappa shape index (κ1) is 17.7. The van der Waals surface area contributed by atoms with Gasteiger partial charge in [-0.3, -0.25) is 4.79 Å². The highest BCUT2D eigenvalue weighted by atomic mass is 32.2. The Morgan fingerprint density at radius 2 is 1.74 bits per heavy atom. The molecule has 23 heavy (non-hydrogen) atoms. The summed E-state index contributed by atoms with van der Waals surface area (Å²) in [4.78, 5) is 14.2. The third-order valence-corrected chi connectivity index (χ3v) is 6.19. The van der Waals surface area contributed by atoms with Gasteiger partial charge in [-0.05, 0) is 30.7 Å². The van der Waals surface area contributed by atoms with Crippen LogP contribution in [0.3, 0.4) is 0 Å². The van der Waals surface area contributed by atoms with Crippen LogP contribution < -0.4 is 4.74 Å². The number of carbonyl (C=O) groups is 1. The maximum Gasteiger partial charge on any atom is 0.243 e. The summed E-state index contributed by atoms with van der Waals surface area (Å²) >= 11 is 0. The number of rotatable bonds is 5. The first-order chi connectivity index (χ1) is 10.9. The van der Waals surface area contributed by atoms with Crippen LogP contribution in [0, 0.1) is 5.92 Å². The Balaban J connectivity index is 2.04. The van der Waals surface area contributed by atoms with E-state index in [-0.39, 0.29) is 16.7 Å². The van der Waals surface area contributed by atoms with Gasteiger partial charge in [-0.2, -0.15) is 4.31 Å². The first-order valence-electron chi connectivity index (χ1n) is 7.83. The fourth-order valence-electron chi connectivity index (χ4n) is 2.53. The van der Waals surface area contributed by atoms with Crippen molar-refractivity contribution in [2.24, 2.45) is 5.92 Å². The number of nitrogens with zero attached hydrogens (tertiary/aromatic N) is 2. The molecule has 0 radical (unpaired) electrons. The minimum absolute atomic E-state index is 0.0141. The monoisotopic (exact) mass is 340 g/mol. The van der Waals surface area contributed by atoms with E-state index in [1.165, 1.54) is 11.4 Å². The zero-order chi connectivity index (χ0) is 17.0. The summed E-state index contributed by atoms with van der Waals surface area (Å²) in [5.41, 5.74) is 0. The summed E-state index contributed by atoms with van der Waals surface area (Å²) in [6.07, 6.45) is 0.795. The van der Waals surface area contributed by atoms with Gasteiger partial charge in [0.15, 0.2) is 0 Å². The fraction of sp³-hybridized carbons (Fsp3) is 0.562. The third-order valence-electron chi connectivity index (χ3n) is 4.28. The van der Waals surface area contributed by atoms with Crippen LogP contribution in [0.25, 0.3) is 0 Å². The zero-order valence-corrected chi connectivity index (χ0v) is 14.7. The summed E-state index contributed by atoms with van der Waals surface area (Å²) in [5, 5.41) is 0. The molecule has 1 saturated heterocycles. The summed E-state index contributed by atoms with van der Waals surface area (Å²) in [5.74, 6) is 0.710. The fourth-order valence-corrected chi connectivity index (χ4v) is 3.95. The van der Waals surface area contributed by atoms with Gasteiger partial charge >= 0.3 is 0 Å². The van der Waals surface area contributed by atoms with Crippen molar-refractivity contribution in [1.29, 1.82) is 0 Å². The Hall–Kier alpha value is -1.60. The minimum Gasteiger partial charge on any atom is -0.497 e. The van der Waals surface area contributed by atoms with Gasteiger partial charge in [-0.15, -0.1) is 0 Å². The lowest BCUT2D eigenvalue weighted by Crippen LogP contribution is -2.51. The van der Waals surface area contributed by atoms with Crippen molar-refractivity contribution in [3.8, 4) is 5.75 Å². The van der Waals surface area contributed by atoms with Crippen LogP contribution in [-0.2, 0) is 14.8 Å². The number of amides is 1. The number of benzene rings is 1. The Labute approximate surface area is 138 Å². The SMILES string of the molecule is CC[C@@H](C)C(=O)N1CCN(S(=O)(=O)c2ccc(OC)cc2)CC1. The number of methoxy groups -OCH3 is 1. The average Bonchev–Trinajstić information content (AvgIpc) is 2.60. The van der Waals surface area contributed by atoms with Crippen molar-refractivity contribution in [3.05, 3.63) is 24.3 Å². The molecule has 1 aromatic rings. The highest BCUT2D eigenvalue weighted by molar-refractivity contribution is 7.89. The molecule has 1 atom stereocenters. The number of carbonyl (C=O) groups excluding carboxylic acids is 1. The lowest BCUT2D eigenvalue weighted by atomic mass is 10.1. The normalized spacial score (nSPS) is 17.8. The number of hydrogen-bond acceptors (Lipinski definition) is 4. The Kier molecular flexibility index (Phi) is 5.64. The molecular formula is C16H24N2O4S. The molecule has 0 spiro atoms. The molecule has 7 heteroatoms. The second-order valence-corrected chi connectivity index (χ2v) is 7.65. The van der Waals surface area contributed by atoms with E-state index in [9.17, 15) is 13.2 Å². The smallest absolute Gasteiger partial charge is 0.243 e. The Bertz CT molecular complexity index is 635. The Morgan fingerprint density at radius 1 is 1.17 bits per heavy atom. The van der Waals surface area contributed by atoms with Gasteiger partial charge in [0.25, 0.3) is 0 Å². The Morgan fingerprint density at radius 3 is 2.22 bits per heavy atom. The van der Waals surface area contributed by atoms with E-state index in [0.717, 1.165) is 6.42 Å². The van der Waals surface area contributed by atoms with Crippen LogP contribution in [0.1, 0.15) is 20.3 Å². The van der Waals surface area contributed by atoms with Crippen molar-refractivity contribution in [2.45, 2.75) is 25.2 Å². The van der Waals surface area contributed by atoms with Crippen LogP contribution in [0.15, 0.2) is 29.2 Å². The molecule has 1 heterocycles. The van der Waals surface area contributed by atoms with Crippen molar-refractivity contribution < 1.29 is 17.9 Å². The van der Waals surface area contributed by atoms with Gasteiger partial charge in [0.05, 0.1) is 12.0 Å². The minimum atomic E-state index is -3.52. The molecule has 0 aliphatic carbocycles. The molecule has 0 saturated carbocycles. The zero-order valence-electron chi connectivity index (χ0n) is 13.9. The van der Waals surface area contributed by atoms with Crippen LogP contribution in [-0.4, -0.2) is 56.8 Å². The predicted molar refractivity (Wildman–Crippen MR) is 87.8 cm³/mol. The number of hydrogen-bond donors (Lipinski definition) is 0. The van der Waals surface area contributed by atoms with Gasteiger partial charge < -0.3 is 9.64 Å². The molecule has 0 bridgehead atoms. The van der Waals surface area contributed by atoms with E-state index in [0.29, 0.717) is 31.9 Å². The van der Waals surface area contributed by atoms with Crippen molar-refractivity contribution >= 4 is 15.9 Å². The van der Waals surface area contributed by atoms with Gasteiger partial charge in [0, 0.05) is 32.1 Å². The maximum atomic E-state index is 12.6. The highest BCUT2D eigenvalue weighted by Crippen LogP contribution is 2.21. The van der Waals surface area contributed by atoms with E-state index >= 15 is 0 Å². The van der Waals surface area contributed by atoms with E-state index in [1.54, 1.807) is 29.2 Å². The van der Waals surface area contributed by atoms with Gasteiger partial charge in [-0.25, -0.2) is 8.42 Å². The summed E-state index contributed by atoms with van der Waals surface area (Å²) < 4.78 is 31.8. The quantitative estimate of drug-likeness (QED) is 0.816. The molecule has 128 valence electrons. The van der Waals surface area contributed by atoms with Gasteiger partial charge in [-0.1, -0.05) is 13.8 Å². The topological polar surface area (TPSA) is 66.9 Å². The average molecular weight is 340 g/mol. The summed E-state index contributed by atoms with van der Waals surface area (Å²) in [6, 6.07) is 6.36. The van der Waals surface area contributed by atoms with Crippen LogP contribution >= 0.6 is 0 Å². The van der Waals surface area contributed by atoms with E-state index in [4.69, 9.17) is 4.74 Å². The second-order valence-electron chi connectivity index (χ2n) is 5.71. The molecule has 1 aliphatic rings. The maximum absolute atomic E-state index is 12.6. The molecule has 1 fully saturated rings. The van der Waals surface area contributed by atoms with Crippen LogP contribution in [0.2, 0.25) is 0 Å². The molecule has 2 rings (SSSR count). The summed E-state index contributed by atoms with van der Waals surface area (Å²) in [6.45, 7) is 5.43. The molecule has 6 nitrogen and oxygen atoms in total. The van der Waals surface area contributed by atoms with Crippen LogP contribution in [0.5, 0.6) is 5.75 Å².